The lowest BCUT2D eigenvalue weighted by Crippen LogP contribution is -2.24. The van der Waals surface area contributed by atoms with Crippen LogP contribution in [0.15, 0.2) is 35.6 Å². The quantitative estimate of drug-likeness (QED) is 0.718. The van der Waals surface area contributed by atoms with Gasteiger partial charge in [0, 0.05) is 11.9 Å². The number of ether oxygens (including phenoxy) is 1. The number of nitrogens with one attached hydrogen (secondary N) is 2. The summed E-state index contributed by atoms with van der Waals surface area (Å²) < 4.78 is 31.8. The molecular weight excluding hydrogens is 298 g/mol. The first-order valence-electron chi connectivity index (χ1n) is 5.82. The SMILES string of the molecule is COc1cc(C(=O)O)ccc1S(=O)(=O)NCc1cnc[nH]1. The van der Waals surface area contributed by atoms with Crippen LogP contribution in [-0.4, -0.2) is 36.6 Å². The lowest BCUT2D eigenvalue weighted by atomic mass is 10.2. The van der Waals surface area contributed by atoms with E-state index >= 15 is 0 Å². The van der Waals surface area contributed by atoms with Crippen molar-refractivity contribution in [2.75, 3.05) is 7.11 Å². The van der Waals surface area contributed by atoms with E-state index < -0.39 is 16.0 Å². The summed E-state index contributed by atoms with van der Waals surface area (Å²) in [5, 5.41) is 8.90. The minimum absolute atomic E-state index is 0.0339. The van der Waals surface area contributed by atoms with Crippen molar-refractivity contribution in [1.82, 2.24) is 14.7 Å². The smallest absolute Gasteiger partial charge is 0.335 e. The van der Waals surface area contributed by atoms with E-state index in [9.17, 15) is 13.2 Å². The Kier molecular flexibility index (Phi) is 4.24. The van der Waals surface area contributed by atoms with Crippen molar-refractivity contribution in [2.24, 2.45) is 0 Å². The summed E-state index contributed by atoms with van der Waals surface area (Å²) >= 11 is 0. The second-order valence-electron chi connectivity index (χ2n) is 4.07. The van der Waals surface area contributed by atoms with E-state index in [1.165, 1.54) is 31.8 Å². The predicted molar refractivity (Wildman–Crippen MR) is 72.6 cm³/mol. The molecule has 1 aromatic heterocycles. The highest BCUT2D eigenvalue weighted by Gasteiger charge is 2.21. The fraction of sp³-hybridized carbons (Fsp3) is 0.167. The number of carboxylic acids is 1. The second-order valence-corrected chi connectivity index (χ2v) is 5.81. The van der Waals surface area contributed by atoms with Crippen LogP contribution in [0.1, 0.15) is 16.1 Å². The first kappa shape index (κ1) is 15.0. The minimum atomic E-state index is -3.84. The van der Waals surface area contributed by atoms with E-state index in [1.54, 1.807) is 0 Å². The number of methoxy groups -OCH3 is 1. The topological polar surface area (TPSA) is 121 Å². The molecule has 0 aliphatic carbocycles. The molecule has 2 aromatic rings. The Balaban J connectivity index is 2.28. The molecule has 3 N–H and O–H groups in total. The van der Waals surface area contributed by atoms with Gasteiger partial charge in [0.25, 0.3) is 0 Å². The van der Waals surface area contributed by atoms with Gasteiger partial charge in [0.05, 0.1) is 25.5 Å². The molecular formula is C12H13N3O5S. The van der Waals surface area contributed by atoms with Crippen LogP contribution in [0.5, 0.6) is 5.75 Å². The number of imidazole rings is 1. The number of nitrogens with zero attached hydrogens (tertiary/aromatic N) is 1. The first-order valence-corrected chi connectivity index (χ1v) is 7.30. The molecule has 0 spiro atoms. The molecule has 0 atom stereocenters. The third-order valence-electron chi connectivity index (χ3n) is 2.71. The van der Waals surface area contributed by atoms with Gasteiger partial charge >= 0.3 is 5.97 Å². The number of H-pyrrole nitrogens is 1. The molecule has 0 aliphatic rings. The molecule has 0 fully saturated rings. The Morgan fingerprint density at radius 2 is 2.24 bits per heavy atom. The number of sulfonamides is 1. The van der Waals surface area contributed by atoms with Gasteiger partial charge in [-0.1, -0.05) is 0 Å². The van der Waals surface area contributed by atoms with E-state index in [1.807, 2.05) is 0 Å². The molecule has 0 saturated carbocycles. The Bertz CT molecular complexity index is 740. The molecule has 0 unspecified atom stereocenters. The van der Waals surface area contributed by atoms with Crippen LogP contribution in [0, 0.1) is 0 Å². The zero-order valence-corrected chi connectivity index (χ0v) is 11.8. The maximum Gasteiger partial charge on any atom is 0.335 e. The van der Waals surface area contributed by atoms with E-state index in [-0.39, 0.29) is 22.8 Å². The number of carboxylic acid groups (broad SMARTS) is 1. The Hall–Kier alpha value is -2.39. The van der Waals surface area contributed by atoms with Gasteiger partial charge < -0.3 is 14.8 Å². The zero-order valence-electron chi connectivity index (χ0n) is 11.0. The van der Waals surface area contributed by atoms with Gasteiger partial charge in [0.2, 0.25) is 10.0 Å². The third-order valence-corrected chi connectivity index (χ3v) is 4.15. The second kappa shape index (κ2) is 5.94. The van der Waals surface area contributed by atoms with Crippen LogP contribution in [0.2, 0.25) is 0 Å². The summed E-state index contributed by atoms with van der Waals surface area (Å²) in [6.45, 7) is 0.0339. The summed E-state index contributed by atoms with van der Waals surface area (Å²) in [5.74, 6) is -1.20. The van der Waals surface area contributed by atoms with Gasteiger partial charge in [-0.15, -0.1) is 0 Å². The Morgan fingerprint density at radius 1 is 1.48 bits per heavy atom. The Morgan fingerprint density at radius 3 is 2.81 bits per heavy atom. The predicted octanol–water partition coefficient (Wildman–Crippen LogP) is 0.595. The maximum absolute atomic E-state index is 12.2. The molecule has 9 heteroatoms. The molecule has 8 nitrogen and oxygen atoms in total. The van der Waals surface area contributed by atoms with Gasteiger partial charge in [-0.3, -0.25) is 0 Å². The largest absolute Gasteiger partial charge is 0.495 e. The van der Waals surface area contributed by atoms with Gasteiger partial charge in [0.1, 0.15) is 10.6 Å². The average Bonchev–Trinajstić information content (AvgIpc) is 2.97. The van der Waals surface area contributed by atoms with Crippen LogP contribution in [0.25, 0.3) is 0 Å². The first-order chi connectivity index (χ1) is 9.94. The third kappa shape index (κ3) is 3.38. The van der Waals surface area contributed by atoms with Crippen LogP contribution in [-0.2, 0) is 16.6 Å². The van der Waals surface area contributed by atoms with E-state index in [0.29, 0.717) is 5.69 Å². The van der Waals surface area contributed by atoms with E-state index in [0.717, 1.165) is 6.07 Å². The van der Waals surface area contributed by atoms with Crippen molar-refractivity contribution in [1.29, 1.82) is 0 Å². The fourth-order valence-corrected chi connectivity index (χ4v) is 2.81. The fourth-order valence-electron chi connectivity index (χ4n) is 1.65. The molecule has 0 amide bonds. The van der Waals surface area contributed by atoms with Crippen molar-refractivity contribution >= 4 is 16.0 Å². The summed E-state index contributed by atoms with van der Waals surface area (Å²) in [4.78, 5) is 17.3. The van der Waals surface area contributed by atoms with Gasteiger partial charge in [-0.05, 0) is 18.2 Å². The van der Waals surface area contributed by atoms with Crippen molar-refractivity contribution in [3.05, 3.63) is 42.0 Å². The number of carbonyl (C=O) groups is 1. The molecule has 0 saturated heterocycles. The number of benzene rings is 1. The number of aromatic amines is 1. The standard InChI is InChI=1S/C12H13N3O5S/c1-20-10-4-8(12(16)17)2-3-11(10)21(18,19)15-6-9-5-13-7-14-9/h2-5,7,15H,6H2,1H3,(H,13,14)(H,16,17). The van der Waals surface area contributed by atoms with Gasteiger partial charge in [-0.25, -0.2) is 22.9 Å². The van der Waals surface area contributed by atoms with Crippen molar-refractivity contribution < 1.29 is 23.1 Å². The highest BCUT2D eigenvalue weighted by atomic mass is 32.2. The van der Waals surface area contributed by atoms with Crippen LogP contribution in [0.4, 0.5) is 0 Å². The van der Waals surface area contributed by atoms with Crippen LogP contribution in [0.3, 0.4) is 0 Å². The molecule has 1 aromatic carbocycles. The highest BCUT2D eigenvalue weighted by Crippen LogP contribution is 2.25. The number of aromatic carboxylic acids is 1. The van der Waals surface area contributed by atoms with Crippen LogP contribution >= 0.6 is 0 Å². The number of aromatic nitrogens is 2. The Labute approximate surface area is 120 Å². The van der Waals surface area contributed by atoms with Crippen LogP contribution < -0.4 is 9.46 Å². The lowest BCUT2D eigenvalue weighted by molar-refractivity contribution is 0.0696. The molecule has 1 heterocycles. The molecule has 21 heavy (non-hydrogen) atoms. The van der Waals surface area contributed by atoms with E-state index in [4.69, 9.17) is 9.84 Å². The summed E-state index contributed by atoms with van der Waals surface area (Å²) in [7, 11) is -2.56. The number of hydrogen-bond acceptors (Lipinski definition) is 5. The number of rotatable bonds is 6. The highest BCUT2D eigenvalue weighted by molar-refractivity contribution is 7.89. The molecule has 112 valence electrons. The maximum atomic E-state index is 12.2. The zero-order chi connectivity index (χ0) is 15.5. The number of hydrogen-bond donors (Lipinski definition) is 3. The van der Waals surface area contributed by atoms with E-state index in [2.05, 4.69) is 14.7 Å². The minimum Gasteiger partial charge on any atom is -0.495 e. The molecule has 0 aliphatic heterocycles. The molecule has 2 rings (SSSR count). The van der Waals surface area contributed by atoms with Crippen molar-refractivity contribution in [3.63, 3.8) is 0 Å². The normalized spacial score (nSPS) is 11.3. The summed E-state index contributed by atoms with van der Waals surface area (Å²) in [6.07, 6.45) is 2.93. The average molecular weight is 311 g/mol. The molecule has 0 bridgehead atoms. The molecule has 0 radical (unpaired) electrons. The van der Waals surface area contributed by atoms with Crippen molar-refractivity contribution in [2.45, 2.75) is 11.4 Å². The summed E-state index contributed by atoms with van der Waals surface area (Å²) in [5.41, 5.74) is 0.541. The van der Waals surface area contributed by atoms with Gasteiger partial charge in [0.15, 0.2) is 0 Å². The van der Waals surface area contributed by atoms with Gasteiger partial charge in [-0.2, -0.15) is 0 Å². The lowest BCUT2D eigenvalue weighted by Gasteiger charge is -2.11. The van der Waals surface area contributed by atoms with Crippen molar-refractivity contribution in [3.8, 4) is 5.75 Å². The monoisotopic (exact) mass is 311 g/mol. The summed E-state index contributed by atoms with van der Waals surface area (Å²) in [6, 6.07) is 3.56.